The van der Waals surface area contributed by atoms with E-state index >= 15 is 0 Å². The van der Waals surface area contributed by atoms with Crippen LogP contribution in [-0.4, -0.2) is 19.2 Å². The summed E-state index contributed by atoms with van der Waals surface area (Å²) >= 11 is 8.98. The molecule has 114 valence electrons. The smallest absolute Gasteiger partial charge is 0.271 e. The molecule has 2 aromatic rings. The molecule has 0 aliphatic rings. The van der Waals surface area contributed by atoms with Crippen LogP contribution in [0.2, 0.25) is 0 Å². The average Bonchev–Trinajstić information content (AvgIpc) is 2.46. The van der Waals surface area contributed by atoms with Crippen molar-refractivity contribution in [3.05, 3.63) is 60.0 Å². The molecule has 1 N–H and O–H groups in total. The second-order valence-electron chi connectivity index (χ2n) is 4.22. The average molecular weight is 538 g/mol. The van der Waals surface area contributed by atoms with E-state index in [0.717, 1.165) is 18.1 Å². The molecule has 0 aromatic heterocycles. The molecule has 0 aliphatic heterocycles. The van der Waals surface area contributed by atoms with Crippen LogP contribution in [-0.2, 0) is 0 Å². The fraction of sp³-hybridized carbons (Fsp3) is 0.0667. The normalized spacial score (nSPS) is 10.7. The number of hydrazone groups is 1. The van der Waals surface area contributed by atoms with Crippen LogP contribution in [0.3, 0.4) is 0 Å². The number of nitrogens with zero attached hydrogens (tertiary/aromatic N) is 1. The molecule has 0 spiro atoms. The molecule has 0 saturated carbocycles. The highest BCUT2D eigenvalue weighted by atomic mass is 127. The van der Waals surface area contributed by atoms with Gasteiger partial charge in [0.25, 0.3) is 5.91 Å². The molecule has 1 amide bonds. The summed E-state index contributed by atoms with van der Waals surface area (Å²) in [5, 5.41) is 3.99. The second kappa shape index (κ2) is 8.07. The van der Waals surface area contributed by atoms with Gasteiger partial charge in [-0.05, 0) is 68.9 Å². The van der Waals surface area contributed by atoms with Gasteiger partial charge in [-0.25, -0.2) is 5.43 Å². The minimum atomic E-state index is -0.261. The zero-order chi connectivity index (χ0) is 16.1. The van der Waals surface area contributed by atoms with E-state index < -0.39 is 0 Å². The summed E-state index contributed by atoms with van der Waals surface area (Å²) in [5.41, 5.74) is 3.81. The van der Waals surface area contributed by atoms with Crippen LogP contribution in [0, 0.1) is 3.57 Å². The summed E-state index contributed by atoms with van der Waals surface area (Å²) in [6.07, 6.45) is 1.54. The minimum absolute atomic E-state index is 0.261. The van der Waals surface area contributed by atoms with Crippen molar-refractivity contribution in [2.45, 2.75) is 0 Å². The maximum absolute atomic E-state index is 12.0. The first-order valence-electron chi connectivity index (χ1n) is 6.13. The topological polar surface area (TPSA) is 50.7 Å². The lowest BCUT2D eigenvalue weighted by Gasteiger charge is -2.07. The summed E-state index contributed by atoms with van der Waals surface area (Å²) in [6, 6.07) is 11.0. The van der Waals surface area contributed by atoms with Gasteiger partial charge in [-0.1, -0.05) is 22.0 Å². The first-order chi connectivity index (χ1) is 10.5. The largest absolute Gasteiger partial charge is 0.495 e. The van der Waals surface area contributed by atoms with Gasteiger partial charge in [0.15, 0.2) is 0 Å². The minimum Gasteiger partial charge on any atom is -0.495 e. The van der Waals surface area contributed by atoms with Gasteiger partial charge in [-0.3, -0.25) is 4.79 Å². The molecule has 0 aliphatic carbocycles. The van der Waals surface area contributed by atoms with Crippen LogP contribution in [0.5, 0.6) is 5.75 Å². The monoisotopic (exact) mass is 536 g/mol. The molecule has 0 atom stereocenters. The van der Waals surface area contributed by atoms with E-state index in [-0.39, 0.29) is 5.91 Å². The van der Waals surface area contributed by atoms with Gasteiger partial charge in [0.05, 0.1) is 17.8 Å². The van der Waals surface area contributed by atoms with Gasteiger partial charge >= 0.3 is 0 Å². The zero-order valence-corrected chi connectivity index (χ0v) is 16.8. The zero-order valence-electron chi connectivity index (χ0n) is 11.4. The van der Waals surface area contributed by atoms with Crippen LogP contribution in [0.15, 0.2) is 50.4 Å². The second-order valence-corrected chi connectivity index (χ2v) is 7.24. The van der Waals surface area contributed by atoms with Gasteiger partial charge in [-0.15, -0.1) is 0 Å². The van der Waals surface area contributed by atoms with E-state index in [4.69, 9.17) is 4.74 Å². The van der Waals surface area contributed by atoms with Crippen molar-refractivity contribution in [1.29, 1.82) is 0 Å². The van der Waals surface area contributed by atoms with Crippen LogP contribution >= 0.6 is 54.5 Å². The Morgan fingerprint density at radius 3 is 2.77 bits per heavy atom. The lowest BCUT2D eigenvalue weighted by atomic mass is 10.2. The molecule has 2 aromatic carbocycles. The molecule has 0 heterocycles. The summed E-state index contributed by atoms with van der Waals surface area (Å²) in [7, 11) is 1.58. The molecule has 4 nitrogen and oxygen atoms in total. The van der Waals surface area contributed by atoms with Crippen LogP contribution in [0.25, 0.3) is 0 Å². The highest BCUT2D eigenvalue weighted by molar-refractivity contribution is 14.1. The van der Waals surface area contributed by atoms with Crippen molar-refractivity contribution in [2.75, 3.05) is 7.11 Å². The third kappa shape index (κ3) is 4.53. The number of nitrogens with one attached hydrogen (secondary N) is 1. The Hall–Kier alpha value is -0.930. The Kier molecular flexibility index (Phi) is 6.39. The predicted octanol–water partition coefficient (Wildman–Crippen LogP) is 4.59. The Balaban J connectivity index is 2.14. The molecule has 7 heteroatoms. The summed E-state index contributed by atoms with van der Waals surface area (Å²) in [4.78, 5) is 12.0. The summed E-state index contributed by atoms with van der Waals surface area (Å²) in [6.45, 7) is 0. The molecular weight excluding hydrogens is 527 g/mol. The van der Waals surface area contributed by atoms with E-state index in [1.54, 1.807) is 25.5 Å². The SMILES string of the molecule is COc1c(Br)cc(Br)cc1/C=N\NC(=O)c1cccc(I)c1. The number of methoxy groups -OCH3 is 1. The Labute approximate surface area is 158 Å². The van der Waals surface area contributed by atoms with E-state index in [2.05, 4.69) is 65.0 Å². The van der Waals surface area contributed by atoms with Crippen molar-refractivity contribution < 1.29 is 9.53 Å². The standard InChI is InChI=1S/C15H11Br2IN2O2/c1-22-14-10(5-11(16)7-13(14)17)8-19-20-15(21)9-3-2-4-12(18)6-9/h2-8H,1H3,(H,20,21)/b19-8-. The number of hydrogen-bond donors (Lipinski definition) is 1. The maximum atomic E-state index is 12.0. The number of ether oxygens (including phenoxy) is 1. The van der Waals surface area contributed by atoms with Crippen molar-refractivity contribution in [2.24, 2.45) is 5.10 Å². The fourth-order valence-corrected chi connectivity index (χ4v) is 3.71. The quantitative estimate of drug-likeness (QED) is 0.352. The van der Waals surface area contributed by atoms with Gasteiger partial charge in [-0.2, -0.15) is 5.10 Å². The molecule has 0 unspecified atom stereocenters. The molecular formula is C15H11Br2IN2O2. The number of carbonyl (C=O) groups excluding carboxylic acids is 1. The van der Waals surface area contributed by atoms with Crippen LogP contribution in [0.4, 0.5) is 0 Å². The number of rotatable bonds is 4. The van der Waals surface area contributed by atoms with Crippen molar-refractivity contribution in [3.8, 4) is 5.75 Å². The molecule has 0 bridgehead atoms. The van der Waals surface area contributed by atoms with Gasteiger partial charge < -0.3 is 4.74 Å². The Morgan fingerprint density at radius 1 is 1.32 bits per heavy atom. The molecule has 0 fully saturated rings. The maximum Gasteiger partial charge on any atom is 0.271 e. The number of carbonyl (C=O) groups is 1. The van der Waals surface area contributed by atoms with E-state index in [9.17, 15) is 4.79 Å². The Morgan fingerprint density at radius 2 is 2.09 bits per heavy atom. The third-order valence-corrected chi connectivity index (χ3v) is 4.42. The van der Waals surface area contributed by atoms with Crippen molar-refractivity contribution in [1.82, 2.24) is 5.43 Å². The molecule has 0 saturated heterocycles. The highest BCUT2D eigenvalue weighted by Gasteiger charge is 2.08. The van der Waals surface area contributed by atoms with Crippen molar-refractivity contribution >= 4 is 66.6 Å². The van der Waals surface area contributed by atoms with E-state index in [1.807, 2.05) is 24.3 Å². The number of hydrogen-bond acceptors (Lipinski definition) is 3. The lowest BCUT2D eigenvalue weighted by molar-refractivity contribution is 0.0955. The van der Waals surface area contributed by atoms with E-state index in [0.29, 0.717) is 11.3 Å². The van der Waals surface area contributed by atoms with Crippen molar-refractivity contribution in [3.63, 3.8) is 0 Å². The van der Waals surface area contributed by atoms with E-state index in [1.165, 1.54) is 0 Å². The Bertz CT molecular complexity index is 735. The summed E-state index contributed by atoms with van der Waals surface area (Å²) in [5.74, 6) is 0.387. The third-order valence-electron chi connectivity index (χ3n) is 2.70. The van der Waals surface area contributed by atoms with Crippen LogP contribution < -0.4 is 10.2 Å². The first-order valence-corrected chi connectivity index (χ1v) is 8.79. The predicted molar refractivity (Wildman–Crippen MR) is 103 cm³/mol. The number of amides is 1. The number of halogens is 3. The fourth-order valence-electron chi connectivity index (χ4n) is 1.75. The molecule has 0 radical (unpaired) electrons. The summed E-state index contributed by atoms with van der Waals surface area (Å²) < 4.78 is 7.99. The van der Waals surface area contributed by atoms with Gasteiger partial charge in [0, 0.05) is 19.2 Å². The van der Waals surface area contributed by atoms with Gasteiger partial charge in [0.1, 0.15) is 5.75 Å². The lowest BCUT2D eigenvalue weighted by Crippen LogP contribution is -2.17. The highest BCUT2D eigenvalue weighted by Crippen LogP contribution is 2.31. The number of benzene rings is 2. The molecule has 2 rings (SSSR count). The van der Waals surface area contributed by atoms with Crippen LogP contribution in [0.1, 0.15) is 15.9 Å². The van der Waals surface area contributed by atoms with Gasteiger partial charge in [0.2, 0.25) is 0 Å². The first kappa shape index (κ1) is 17.4. The molecule has 22 heavy (non-hydrogen) atoms.